The molecule has 0 bridgehead atoms. The minimum Gasteiger partial charge on any atom is -0.486 e. The lowest BCUT2D eigenvalue weighted by Gasteiger charge is -2.10. The largest absolute Gasteiger partial charge is 0.486 e. The average Bonchev–Trinajstić information content (AvgIpc) is 2.39. The number of rotatable bonds is 4. The molecule has 100 valence electrons. The van der Waals surface area contributed by atoms with Gasteiger partial charge >= 0.3 is 0 Å². The Balaban J connectivity index is 2.05. The van der Waals surface area contributed by atoms with E-state index in [1.54, 1.807) is 25.1 Å². The lowest BCUT2D eigenvalue weighted by molar-refractivity contribution is 0.198. The summed E-state index contributed by atoms with van der Waals surface area (Å²) < 4.78 is 31.7. The SMILES string of the molecule is C[C@@H](O)c1ccc(OCc2ccc(F)cc2)c(F)c1. The molecule has 0 heterocycles. The molecular weight excluding hydrogens is 250 g/mol. The van der Waals surface area contributed by atoms with Crippen LogP contribution in [0.5, 0.6) is 5.75 Å². The van der Waals surface area contributed by atoms with E-state index >= 15 is 0 Å². The van der Waals surface area contributed by atoms with Gasteiger partial charge in [0.2, 0.25) is 0 Å². The molecule has 2 aromatic rings. The third kappa shape index (κ3) is 3.51. The number of hydrogen-bond acceptors (Lipinski definition) is 2. The van der Waals surface area contributed by atoms with Gasteiger partial charge in [0.15, 0.2) is 11.6 Å². The topological polar surface area (TPSA) is 29.5 Å². The second-order valence-corrected chi connectivity index (χ2v) is 4.28. The van der Waals surface area contributed by atoms with E-state index in [2.05, 4.69) is 0 Å². The predicted molar refractivity (Wildman–Crippen MR) is 67.8 cm³/mol. The van der Waals surface area contributed by atoms with Crippen molar-refractivity contribution in [2.24, 2.45) is 0 Å². The molecule has 0 aliphatic rings. The van der Waals surface area contributed by atoms with Crippen molar-refractivity contribution in [2.45, 2.75) is 19.6 Å². The van der Waals surface area contributed by atoms with Crippen molar-refractivity contribution in [2.75, 3.05) is 0 Å². The first-order valence-electron chi connectivity index (χ1n) is 5.91. The van der Waals surface area contributed by atoms with Gasteiger partial charge in [-0.3, -0.25) is 0 Å². The van der Waals surface area contributed by atoms with Crippen molar-refractivity contribution in [3.05, 3.63) is 65.2 Å². The van der Waals surface area contributed by atoms with Crippen LogP contribution in [0.4, 0.5) is 8.78 Å². The van der Waals surface area contributed by atoms with Crippen LogP contribution in [0.25, 0.3) is 0 Å². The second-order valence-electron chi connectivity index (χ2n) is 4.28. The van der Waals surface area contributed by atoms with Gasteiger partial charge in [-0.1, -0.05) is 18.2 Å². The first-order valence-corrected chi connectivity index (χ1v) is 5.91. The van der Waals surface area contributed by atoms with Crippen LogP contribution in [-0.2, 0) is 6.61 Å². The molecule has 0 spiro atoms. The van der Waals surface area contributed by atoms with Crippen molar-refractivity contribution in [3.63, 3.8) is 0 Å². The maximum absolute atomic E-state index is 13.7. The summed E-state index contributed by atoms with van der Waals surface area (Å²) in [5, 5.41) is 9.33. The highest BCUT2D eigenvalue weighted by Gasteiger charge is 2.08. The zero-order valence-electron chi connectivity index (χ0n) is 10.4. The number of ether oxygens (including phenoxy) is 1. The molecule has 0 amide bonds. The highest BCUT2D eigenvalue weighted by atomic mass is 19.1. The molecule has 19 heavy (non-hydrogen) atoms. The van der Waals surface area contributed by atoms with Gasteiger partial charge in [0.1, 0.15) is 12.4 Å². The molecule has 2 nitrogen and oxygen atoms in total. The van der Waals surface area contributed by atoms with Crippen LogP contribution in [0.3, 0.4) is 0 Å². The van der Waals surface area contributed by atoms with Gasteiger partial charge in [-0.05, 0) is 42.3 Å². The molecule has 0 radical (unpaired) electrons. The van der Waals surface area contributed by atoms with Crippen LogP contribution in [-0.4, -0.2) is 5.11 Å². The molecule has 1 atom stereocenters. The summed E-state index contributed by atoms with van der Waals surface area (Å²) in [5.74, 6) is -0.745. The van der Waals surface area contributed by atoms with Gasteiger partial charge in [0, 0.05) is 0 Å². The zero-order chi connectivity index (χ0) is 13.8. The smallest absolute Gasteiger partial charge is 0.165 e. The highest BCUT2D eigenvalue weighted by Crippen LogP contribution is 2.22. The van der Waals surface area contributed by atoms with Crippen molar-refractivity contribution < 1.29 is 18.6 Å². The van der Waals surface area contributed by atoms with Crippen molar-refractivity contribution in [1.29, 1.82) is 0 Å². The van der Waals surface area contributed by atoms with E-state index in [9.17, 15) is 13.9 Å². The Kier molecular flexibility index (Phi) is 4.12. The molecule has 0 aromatic heterocycles. The third-order valence-corrected chi connectivity index (χ3v) is 2.75. The molecular formula is C15H14F2O2. The van der Waals surface area contributed by atoms with E-state index in [0.717, 1.165) is 5.56 Å². The normalized spacial score (nSPS) is 12.2. The van der Waals surface area contributed by atoms with Crippen molar-refractivity contribution >= 4 is 0 Å². The second kappa shape index (κ2) is 5.80. The van der Waals surface area contributed by atoms with E-state index in [0.29, 0.717) is 5.56 Å². The average molecular weight is 264 g/mol. The summed E-state index contributed by atoms with van der Waals surface area (Å²) in [5.41, 5.74) is 1.24. The van der Waals surface area contributed by atoms with Crippen molar-refractivity contribution in [3.8, 4) is 5.75 Å². The fraction of sp³-hybridized carbons (Fsp3) is 0.200. The van der Waals surface area contributed by atoms with E-state index in [1.807, 2.05) is 0 Å². The fourth-order valence-electron chi connectivity index (χ4n) is 1.64. The number of halogens is 2. The molecule has 0 saturated carbocycles. The van der Waals surface area contributed by atoms with E-state index in [1.165, 1.54) is 24.3 Å². The zero-order valence-corrected chi connectivity index (χ0v) is 10.4. The summed E-state index contributed by atoms with van der Waals surface area (Å²) in [6.07, 6.45) is -0.722. The van der Waals surface area contributed by atoms with E-state index in [4.69, 9.17) is 4.74 Å². The van der Waals surface area contributed by atoms with Crippen molar-refractivity contribution in [1.82, 2.24) is 0 Å². The maximum atomic E-state index is 13.7. The molecule has 0 saturated heterocycles. The summed E-state index contributed by atoms with van der Waals surface area (Å²) in [6.45, 7) is 1.72. The number of benzene rings is 2. The molecule has 0 aliphatic heterocycles. The van der Waals surface area contributed by atoms with E-state index < -0.39 is 11.9 Å². The first-order chi connectivity index (χ1) is 9.06. The lowest BCUT2D eigenvalue weighted by Crippen LogP contribution is -1.99. The minimum atomic E-state index is -0.722. The van der Waals surface area contributed by atoms with Crippen LogP contribution in [0.15, 0.2) is 42.5 Å². The van der Waals surface area contributed by atoms with Gasteiger partial charge in [0.05, 0.1) is 6.10 Å². The van der Waals surface area contributed by atoms with E-state index in [-0.39, 0.29) is 18.2 Å². The Morgan fingerprint density at radius 2 is 1.79 bits per heavy atom. The Morgan fingerprint density at radius 1 is 1.11 bits per heavy atom. The summed E-state index contributed by atoms with van der Waals surface area (Å²) in [6, 6.07) is 10.1. The highest BCUT2D eigenvalue weighted by molar-refractivity contribution is 5.30. The Bertz CT molecular complexity index is 551. The monoisotopic (exact) mass is 264 g/mol. The van der Waals surface area contributed by atoms with Crippen LogP contribution in [0, 0.1) is 11.6 Å². The third-order valence-electron chi connectivity index (χ3n) is 2.75. The predicted octanol–water partition coefficient (Wildman–Crippen LogP) is 3.60. The van der Waals surface area contributed by atoms with Gasteiger partial charge < -0.3 is 9.84 Å². The van der Waals surface area contributed by atoms with Crippen LogP contribution in [0.1, 0.15) is 24.2 Å². The molecule has 1 N–H and O–H groups in total. The number of hydrogen-bond donors (Lipinski definition) is 1. The summed E-state index contributed by atoms with van der Waals surface area (Å²) in [4.78, 5) is 0. The number of aliphatic hydroxyl groups excluding tert-OH is 1. The molecule has 0 aliphatic carbocycles. The minimum absolute atomic E-state index is 0.105. The standard InChI is InChI=1S/C15H14F2O2/c1-10(18)12-4-7-15(14(17)8-12)19-9-11-2-5-13(16)6-3-11/h2-8,10,18H,9H2,1H3/t10-/m1/s1. The quantitative estimate of drug-likeness (QED) is 0.914. The number of aliphatic hydroxyl groups is 1. The van der Waals surface area contributed by atoms with Gasteiger partial charge in [-0.2, -0.15) is 0 Å². The first kappa shape index (κ1) is 13.5. The summed E-state index contributed by atoms with van der Waals surface area (Å²) >= 11 is 0. The molecule has 2 rings (SSSR count). The van der Waals surface area contributed by atoms with Crippen LogP contribution >= 0.6 is 0 Å². The van der Waals surface area contributed by atoms with Crippen LogP contribution in [0.2, 0.25) is 0 Å². The van der Waals surface area contributed by atoms with Gasteiger partial charge in [0.25, 0.3) is 0 Å². The molecule has 0 unspecified atom stereocenters. The molecule has 0 fully saturated rings. The lowest BCUT2D eigenvalue weighted by atomic mass is 10.1. The Hall–Kier alpha value is -1.94. The van der Waals surface area contributed by atoms with Gasteiger partial charge in [-0.25, -0.2) is 8.78 Å². The summed E-state index contributed by atoms with van der Waals surface area (Å²) in [7, 11) is 0. The fourth-order valence-corrected chi connectivity index (χ4v) is 1.64. The van der Waals surface area contributed by atoms with Crippen LogP contribution < -0.4 is 4.74 Å². The Morgan fingerprint density at radius 3 is 2.37 bits per heavy atom. The molecule has 2 aromatic carbocycles. The maximum Gasteiger partial charge on any atom is 0.165 e. The molecule has 4 heteroatoms. The Labute approximate surface area is 110 Å². The van der Waals surface area contributed by atoms with Gasteiger partial charge in [-0.15, -0.1) is 0 Å².